The first-order chi connectivity index (χ1) is 14.1. The Morgan fingerprint density at radius 1 is 1.23 bits per heavy atom. The van der Waals surface area contributed by atoms with Crippen LogP contribution in [0.15, 0.2) is 47.7 Å². The fourth-order valence-corrected chi connectivity index (χ4v) is 3.18. The number of nitrogens with zero attached hydrogens (tertiary/aromatic N) is 3. The Morgan fingerprint density at radius 2 is 1.87 bits per heavy atom. The molecule has 31 heavy (non-hydrogen) atoms. The third-order valence-electron chi connectivity index (χ3n) is 5.19. The van der Waals surface area contributed by atoms with Crippen molar-refractivity contribution in [1.29, 1.82) is 0 Å². The van der Waals surface area contributed by atoms with E-state index in [1.54, 1.807) is 0 Å². The summed E-state index contributed by atoms with van der Waals surface area (Å²) in [6.45, 7) is 6.26. The van der Waals surface area contributed by atoms with Crippen LogP contribution in [0.25, 0.3) is 0 Å². The number of hydrogen-bond donors (Lipinski definition) is 3. The Balaban J connectivity index is 0.00000480. The van der Waals surface area contributed by atoms with E-state index in [-0.39, 0.29) is 42.5 Å². The van der Waals surface area contributed by atoms with Crippen molar-refractivity contribution in [3.8, 4) is 0 Å². The quantitative estimate of drug-likeness (QED) is 0.263. The normalized spacial score (nSPS) is 16.1. The highest BCUT2D eigenvalue weighted by Gasteiger charge is 2.57. The summed E-state index contributed by atoms with van der Waals surface area (Å²) >= 11 is 0. The lowest BCUT2D eigenvalue weighted by atomic mass is 9.94. The third kappa shape index (κ3) is 6.83. The molecule has 1 heterocycles. The van der Waals surface area contributed by atoms with Gasteiger partial charge in [-0.2, -0.15) is 13.2 Å². The SMILES string of the molecule is CCNC(=NCCC(O)(c1nccn1C)C(F)(F)F)NC(C)C(C)c1ccccc1.I. The van der Waals surface area contributed by atoms with Gasteiger partial charge in [0.05, 0.1) is 0 Å². The molecule has 2 rings (SSSR count). The van der Waals surface area contributed by atoms with E-state index in [9.17, 15) is 18.3 Å². The van der Waals surface area contributed by atoms with Crippen LogP contribution >= 0.6 is 24.0 Å². The molecule has 0 amide bonds. The largest absolute Gasteiger partial charge is 0.424 e. The number of alkyl halides is 3. The van der Waals surface area contributed by atoms with Gasteiger partial charge in [-0.1, -0.05) is 37.3 Å². The second-order valence-corrected chi connectivity index (χ2v) is 7.36. The molecule has 0 aliphatic carbocycles. The van der Waals surface area contributed by atoms with Gasteiger partial charge >= 0.3 is 6.18 Å². The van der Waals surface area contributed by atoms with Crippen molar-refractivity contribution >= 4 is 29.9 Å². The molecule has 3 unspecified atom stereocenters. The minimum atomic E-state index is -4.87. The van der Waals surface area contributed by atoms with E-state index >= 15 is 0 Å². The molecule has 0 fully saturated rings. The van der Waals surface area contributed by atoms with E-state index in [0.29, 0.717) is 12.5 Å². The Morgan fingerprint density at radius 3 is 2.39 bits per heavy atom. The molecule has 1 aromatic heterocycles. The highest BCUT2D eigenvalue weighted by atomic mass is 127. The Labute approximate surface area is 198 Å². The van der Waals surface area contributed by atoms with Gasteiger partial charge in [-0.15, -0.1) is 24.0 Å². The van der Waals surface area contributed by atoms with Crippen molar-refractivity contribution in [3.63, 3.8) is 0 Å². The summed E-state index contributed by atoms with van der Waals surface area (Å²) in [6, 6.07) is 9.93. The number of hydrogen-bond acceptors (Lipinski definition) is 3. The minimum Gasteiger partial charge on any atom is -0.374 e. The molecule has 0 saturated heterocycles. The van der Waals surface area contributed by atoms with Crippen LogP contribution in [-0.4, -0.2) is 45.9 Å². The average Bonchev–Trinajstić information content (AvgIpc) is 3.13. The van der Waals surface area contributed by atoms with Gasteiger partial charge in [0.25, 0.3) is 0 Å². The van der Waals surface area contributed by atoms with E-state index in [1.807, 2.05) is 44.2 Å². The van der Waals surface area contributed by atoms with Crippen molar-refractivity contribution in [1.82, 2.24) is 20.2 Å². The van der Waals surface area contributed by atoms with E-state index in [4.69, 9.17) is 0 Å². The summed E-state index contributed by atoms with van der Waals surface area (Å²) in [5.41, 5.74) is -1.93. The molecule has 0 aliphatic rings. The van der Waals surface area contributed by atoms with Gasteiger partial charge in [0.15, 0.2) is 5.96 Å². The zero-order valence-electron chi connectivity index (χ0n) is 18.1. The maximum absolute atomic E-state index is 13.6. The summed E-state index contributed by atoms with van der Waals surface area (Å²) in [6.07, 6.45) is -2.91. The molecule has 0 radical (unpaired) electrons. The number of aromatic nitrogens is 2. The monoisotopic (exact) mass is 553 g/mol. The van der Waals surface area contributed by atoms with Crippen LogP contribution in [-0.2, 0) is 12.6 Å². The van der Waals surface area contributed by atoms with Gasteiger partial charge in [0, 0.05) is 50.9 Å². The van der Waals surface area contributed by atoms with E-state index in [0.717, 1.165) is 5.56 Å². The number of nitrogens with one attached hydrogen (secondary N) is 2. The van der Waals surface area contributed by atoms with Gasteiger partial charge in [-0.3, -0.25) is 4.99 Å². The number of aliphatic hydroxyl groups is 1. The average molecular weight is 553 g/mol. The highest BCUT2D eigenvalue weighted by Crippen LogP contribution is 2.40. The molecule has 3 atom stereocenters. The van der Waals surface area contributed by atoms with Crippen molar-refractivity contribution in [2.75, 3.05) is 13.1 Å². The predicted molar refractivity (Wildman–Crippen MR) is 127 cm³/mol. The number of aliphatic imine (C=N–C) groups is 1. The molecule has 0 bridgehead atoms. The molecule has 1 aromatic carbocycles. The van der Waals surface area contributed by atoms with Crippen LogP contribution in [0.1, 0.15) is 44.5 Å². The first-order valence-corrected chi connectivity index (χ1v) is 9.96. The third-order valence-corrected chi connectivity index (χ3v) is 5.19. The number of halogens is 4. The van der Waals surface area contributed by atoms with Gasteiger partial charge in [-0.05, 0) is 19.4 Å². The topological polar surface area (TPSA) is 74.5 Å². The predicted octanol–water partition coefficient (Wildman–Crippen LogP) is 3.93. The molecular formula is C21H31F3IN5O. The maximum Gasteiger partial charge on any atom is 0.424 e. The Bertz CT molecular complexity index is 828. The second kappa shape index (κ2) is 11.7. The Kier molecular flexibility index (Phi) is 10.3. The van der Waals surface area contributed by atoms with E-state index in [1.165, 1.54) is 24.0 Å². The fraction of sp³-hybridized carbons (Fsp3) is 0.524. The number of imidazole rings is 1. The molecular weight excluding hydrogens is 522 g/mol. The lowest BCUT2D eigenvalue weighted by molar-refractivity contribution is -0.272. The van der Waals surface area contributed by atoms with Gasteiger partial charge < -0.3 is 20.3 Å². The number of benzene rings is 1. The van der Waals surface area contributed by atoms with Crippen LogP contribution in [0, 0.1) is 0 Å². The molecule has 174 valence electrons. The smallest absolute Gasteiger partial charge is 0.374 e. The van der Waals surface area contributed by atoms with Gasteiger partial charge in [0.1, 0.15) is 5.82 Å². The summed E-state index contributed by atoms with van der Waals surface area (Å²) in [5.74, 6) is 0.112. The van der Waals surface area contributed by atoms with Gasteiger partial charge in [0.2, 0.25) is 5.60 Å². The molecule has 0 spiro atoms. The fourth-order valence-electron chi connectivity index (χ4n) is 3.18. The standard InChI is InChI=1S/C21H30F3N5O.HI/c1-5-25-19(28-16(3)15(2)17-9-7-6-8-10-17)27-12-11-20(30,21(22,23)24)18-26-13-14-29(18)4;/h6-10,13-16,30H,5,11-12H2,1-4H3,(H2,25,27,28);1H. The summed E-state index contributed by atoms with van der Waals surface area (Å²) in [7, 11) is 1.42. The highest BCUT2D eigenvalue weighted by molar-refractivity contribution is 14.0. The molecule has 10 heteroatoms. The van der Waals surface area contributed by atoms with Crippen LogP contribution in [0.2, 0.25) is 0 Å². The Hall–Kier alpha value is -1.82. The van der Waals surface area contributed by atoms with Gasteiger partial charge in [-0.25, -0.2) is 4.98 Å². The first kappa shape index (κ1) is 27.2. The number of aryl methyl sites for hydroxylation is 1. The van der Waals surface area contributed by atoms with E-state index < -0.39 is 24.0 Å². The van der Waals surface area contributed by atoms with Crippen molar-refractivity contribution in [2.24, 2.45) is 12.0 Å². The lowest BCUT2D eigenvalue weighted by Gasteiger charge is -2.29. The number of rotatable bonds is 8. The summed E-state index contributed by atoms with van der Waals surface area (Å²) in [5, 5.41) is 16.7. The summed E-state index contributed by atoms with van der Waals surface area (Å²) in [4.78, 5) is 7.97. The van der Waals surface area contributed by atoms with E-state index in [2.05, 4.69) is 27.5 Å². The molecule has 6 nitrogen and oxygen atoms in total. The number of guanidine groups is 1. The van der Waals surface area contributed by atoms with Crippen LogP contribution in [0.3, 0.4) is 0 Å². The van der Waals surface area contributed by atoms with Crippen molar-refractivity contribution in [3.05, 3.63) is 54.1 Å². The maximum atomic E-state index is 13.6. The molecule has 2 aromatic rings. The molecule has 0 aliphatic heterocycles. The van der Waals surface area contributed by atoms with Crippen molar-refractivity contribution < 1.29 is 18.3 Å². The first-order valence-electron chi connectivity index (χ1n) is 9.96. The zero-order chi connectivity index (χ0) is 22.4. The zero-order valence-corrected chi connectivity index (χ0v) is 20.5. The van der Waals surface area contributed by atoms with Crippen LogP contribution in [0.5, 0.6) is 0 Å². The van der Waals surface area contributed by atoms with Crippen molar-refractivity contribution in [2.45, 2.75) is 50.9 Å². The lowest BCUT2D eigenvalue weighted by Crippen LogP contribution is -2.46. The van der Waals surface area contributed by atoms with Crippen LogP contribution in [0.4, 0.5) is 13.2 Å². The van der Waals surface area contributed by atoms with Crippen LogP contribution < -0.4 is 10.6 Å². The summed E-state index contributed by atoms with van der Waals surface area (Å²) < 4.78 is 42.1. The second-order valence-electron chi connectivity index (χ2n) is 7.36. The molecule has 0 saturated carbocycles. The minimum absolute atomic E-state index is 0. The molecule has 3 N–H and O–H groups in total.